The number of hydrogen-bond acceptors (Lipinski definition) is 5. The van der Waals surface area contributed by atoms with Crippen LogP contribution in [0.25, 0.3) is 0 Å². The summed E-state index contributed by atoms with van der Waals surface area (Å²) in [6.45, 7) is 3.73. The summed E-state index contributed by atoms with van der Waals surface area (Å²) in [5, 5.41) is 4.38. The van der Waals surface area contributed by atoms with Gasteiger partial charge >= 0.3 is 0 Å². The molecule has 7 nitrogen and oxygen atoms in total. The molecule has 0 saturated carbocycles. The van der Waals surface area contributed by atoms with Crippen LogP contribution in [0.5, 0.6) is 5.75 Å². The molecule has 2 aromatic carbocycles. The number of benzene rings is 2. The lowest BCUT2D eigenvalue weighted by Crippen LogP contribution is -2.50. The van der Waals surface area contributed by atoms with Crippen LogP contribution in [0, 0.1) is 6.92 Å². The van der Waals surface area contributed by atoms with Crippen molar-refractivity contribution in [1.82, 2.24) is 15.0 Å². The lowest BCUT2D eigenvalue weighted by molar-refractivity contribution is 0.0510. The van der Waals surface area contributed by atoms with Crippen LogP contribution in [0.3, 0.4) is 0 Å². The van der Waals surface area contributed by atoms with Gasteiger partial charge in [-0.25, -0.2) is 0 Å². The minimum atomic E-state index is -0.212. The topological polar surface area (TPSA) is 75.9 Å². The second kappa shape index (κ2) is 9.22. The van der Waals surface area contributed by atoms with Gasteiger partial charge < -0.3 is 19.1 Å². The van der Waals surface area contributed by atoms with Crippen LogP contribution in [0.1, 0.15) is 32.2 Å². The molecule has 160 valence electrons. The maximum Gasteiger partial charge on any atom is 0.292 e. The maximum atomic E-state index is 13.1. The number of aromatic nitrogens is 1. The van der Waals surface area contributed by atoms with E-state index in [1.54, 1.807) is 41.0 Å². The maximum absolute atomic E-state index is 13.1. The van der Waals surface area contributed by atoms with E-state index >= 15 is 0 Å². The van der Waals surface area contributed by atoms with Gasteiger partial charge in [0.25, 0.3) is 11.8 Å². The van der Waals surface area contributed by atoms with Crippen molar-refractivity contribution in [3.8, 4) is 5.75 Å². The first-order chi connectivity index (χ1) is 15.0. The predicted molar refractivity (Wildman–Crippen MR) is 115 cm³/mol. The second-order valence-corrected chi connectivity index (χ2v) is 7.70. The third kappa shape index (κ3) is 4.72. The summed E-state index contributed by atoms with van der Waals surface area (Å²) in [7, 11) is 0. The van der Waals surface area contributed by atoms with Gasteiger partial charge in [0.2, 0.25) is 5.76 Å². The van der Waals surface area contributed by atoms with Gasteiger partial charge in [0.05, 0.1) is 11.3 Å². The summed E-state index contributed by atoms with van der Waals surface area (Å²) in [6, 6.07) is 16.2. The smallest absolute Gasteiger partial charge is 0.292 e. The molecule has 8 heteroatoms. The highest BCUT2D eigenvalue weighted by molar-refractivity contribution is 6.31. The summed E-state index contributed by atoms with van der Waals surface area (Å²) in [6.07, 6.45) is 0. The lowest BCUT2D eigenvalue weighted by atomic mass is 10.1. The third-order valence-electron chi connectivity index (χ3n) is 5.15. The number of ether oxygens (including phenoxy) is 1. The molecule has 0 aliphatic carbocycles. The fourth-order valence-corrected chi connectivity index (χ4v) is 3.63. The van der Waals surface area contributed by atoms with E-state index in [1.807, 2.05) is 30.3 Å². The van der Waals surface area contributed by atoms with Crippen molar-refractivity contribution in [3.63, 3.8) is 0 Å². The summed E-state index contributed by atoms with van der Waals surface area (Å²) in [5.74, 6) is 0.382. The summed E-state index contributed by atoms with van der Waals surface area (Å²) >= 11 is 6.20. The largest absolute Gasteiger partial charge is 0.488 e. The zero-order valence-electron chi connectivity index (χ0n) is 17.1. The van der Waals surface area contributed by atoms with Gasteiger partial charge in [-0.1, -0.05) is 47.1 Å². The Kier molecular flexibility index (Phi) is 6.23. The van der Waals surface area contributed by atoms with Crippen molar-refractivity contribution in [2.45, 2.75) is 13.5 Å². The normalized spacial score (nSPS) is 13.9. The van der Waals surface area contributed by atoms with Crippen molar-refractivity contribution >= 4 is 23.4 Å². The standard InChI is InChI=1S/C23H22ClN3O4/c1-16-14-21(31-25-16)23(29)27-12-10-26(11-13-27)22(28)18-7-3-5-9-20(18)30-15-17-6-2-4-8-19(17)24/h2-9,14H,10-13,15H2,1H3. The summed E-state index contributed by atoms with van der Waals surface area (Å²) in [5.41, 5.74) is 1.99. The van der Waals surface area contributed by atoms with Crippen LogP contribution in [0.4, 0.5) is 0 Å². The van der Waals surface area contributed by atoms with Gasteiger partial charge in [0.15, 0.2) is 0 Å². The van der Waals surface area contributed by atoms with E-state index in [9.17, 15) is 9.59 Å². The van der Waals surface area contributed by atoms with Crippen LogP contribution in [-0.4, -0.2) is 52.9 Å². The first-order valence-electron chi connectivity index (χ1n) is 10.00. The van der Waals surface area contributed by atoms with E-state index in [1.165, 1.54) is 0 Å². The Morgan fingerprint density at radius 2 is 1.65 bits per heavy atom. The molecule has 1 aliphatic heterocycles. The Balaban J connectivity index is 1.40. The molecular formula is C23H22ClN3O4. The van der Waals surface area contributed by atoms with Crippen molar-refractivity contribution < 1.29 is 18.8 Å². The Bertz CT molecular complexity index is 1090. The van der Waals surface area contributed by atoms with Crippen molar-refractivity contribution in [2.24, 2.45) is 0 Å². The highest BCUT2D eigenvalue weighted by Crippen LogP contribution is 2.24. The molecule has 0 unspecified atom stereocenters. The molecule has 0 atom stereocenters. The average Bonchev–Trinajstić information content (AvgIpc) is 3.24. The number of carbonyl (C=O) groups is 2. The molecule has 4 rings (SSSR count). The van der Waals surface area contributed by atoms with E-state index in [0.717, 1.165) is 5.56 Å². The van der Waals surface area contributed by atoms with Gasteiger partial charge in [-0.15, -0.1) is 0 Å². The van der Waals surface area contributed by atoms with Gasteiger partial charge in [-0.05, 0) is 25.1 Å². The number of para-hydroxylation sites is 1. The van der Waals surface area contributed by atoms with Crippen LogP contribution in [-0.2, 0) is 6.61 Å². The molecule has 1 saturated heterocycles. The van der Waals surface area contributed by atoms with Crippen molar-refractivity contribution in [2.75, 3.05) is 26.2 Å². The van der Waals surface area contributed by atoms with Gasteiger partial charge in [0.1, 0.15) is 12.4 Å². The fourth-order valence-electron chi connectivity index (χ4n) is 3.44. The van der Waals surface area contributed by atoms with Gasteiger partial charge in [-0.2, -0.15) is 0 Å². The Morgan fingerprint density at radius 3 is 2.32 bits per heavy atom. The van der Waals surface area contributed by atoms with Gasteiger partial charge in [-0.3, -0.25) is 9.59 Å². The predicted octanol–water partition coefficient (Wildman–Crippen LogP) is 3.81. The second-order valence-electron chi connectivity index (χ2n) is 7.29. The highest BCUT2D eigenvalue weighted by atomic mass is 35.5. The van der Waals surface area contributed by atoms with E-state index in [0.29, 0.717) is 48.2 Å². The minimum Gasteiger partial charge on any atom is -0.488 e. The molecule has 0 bridgehead atoms. The Hall–Kier alpha value is -3.32. The zero-order valence-corrected chi connectivity index (χ0v) is 17.8. The zero-order chi connectivity index (χ0) is 21.8. The number of nitrogens with zero attached hydrogens (tertiary/aromatic N) is 3. The number of hydrogen-bond donors (Lipinski definition) is 0. The molecule has 1 aliphatic rings. The van der Waals surface area contributed by atoms with E-state index < -0.39 is 0 Å². The molecule has 3 aromatic rings. The Labute approximate surface area is 185 Å². The molecule has 0 N–H and O–H groups in total. The number of rotatable bonds is 5. The van der Waals surface area contributed by atoms with Crippen LogP contribution in [0.15, 0.2) is 59.1 Å². The van der Waals surface area contributed by atoms with Crippen molar-refractivity contribution in [3.05, 3.63) is 82.2 Å². The first kappa shape index (κ1) is 20.9. The minimum absolute atomic E-state index is 0.127. The molecule has 31 heavy (non-hydrogen) atoms. The third-order valence-corrected chi connectivity index (χ3v) is 5.52. The molecule has 2 heterocycles. The number of piperazine rings is 1. The molecule has 1 fully saturated rings. The molecular weight excluding hydrogens is 418 g/mol. The number of amides is 2. The quantitative estimate of drug-likeness (QED) is 0.604. The highest BCUT2D eigenvalue weighted by Gasteiger charge is 2.28. The number of halogens is 1. The van der Waals surface area contributed by atoms with E-state index in [4.69, 9.17) is 20.9 Å². The lowest BCUT2D eigenvalue weighted by Gasteiger charge is -2.34. The SMILES string of the molecule is Cc1cc(C(=O)N2CCN(C(=O)c3ccccc3OCc3ccccc3Cl)CC2)on1. The van der Waals surface area contributed by atoms with Crippen molar-refractivity contribution in [1.29, 1.82) is 0 Å². The van der Waals surface area contributed by atoms with Gasteiger partial charge in [0, 0.05) is 42.8 Å². The van der Waals surface area contributed by atoms with Crippen LogP contribution >= 0.6 is 11.6 Å². The molecule has 0 spiro atoms. The van der Waals surface area contributed by atoms with Crippen LogP contribution in [0.2, 0.25) is 5.02 Å². The molecule has 0 radical (unpaired) electrons. The molecule has 1 aromatic heterocycles. The number of aryl methyl sites for hydroxylation is 1. The van der Waals surface area contributed by atoms with E-state index in [2.05, 4.69) is 5.16 Å². The molecule has 2 amide bonds. The van der Waals surface area contributed by atoms with Crippen LogP contribution < -0.4 is 4.74 Å². The summed E-state index contributed by atoms with van der Waals surface area (Å²) < 4.78 is 11.0. The number of carbonyl (C=O) groups excluding carboxylic acids is 2. The van der Waals surface area contributed by atoms with E-state index in [-0.39, 0.29) is 24.2 Å². The first-order valence-corrected chi connectivity index (χ1v) is 10.4. The average molecular weight is 440 g/mol. The fraction of sp³-hybridized carbons (Fsp3) is 0.261. The monoisotopic (exact) mass is 439 g/mol. The Morgan fingerprint density at radius 1 is 1.00 bits per heavy atom. The summed E-state index contributed by atoms with van der Waals surface area (Å²) in [4.78, 5) is 29.1.